The Morgan fingerprint density at radius 3 is 2.80 bits per heavy atom. The normalized spacial score (nSPS) is 39.2. The molecule has 3 fully saturated rings. The van der Waals surface area contributed by atoms with E-state index in [-0.39, 0.29) is 0 Å². The Morgan fingerprint density at radius 2 is 2.10 bits per heavy atom. The second-order valence-electron chi connectivity index (χ2n) is 8.57. The van der Waals surface area contributed by atoms with Gasteiger partial charge in [-0.05, 0) is 55.9 Å². The van der Waals surface area contributed by atoms with E-state index in [0.717, 1.165) is 25.9 Å². The fraction of sp³-hybridized carbons (Fsp3) is 0.941. The van der Waals surface area contributed by atoms with E-state index in [1.165, 1.54) is 32.1 Å². The second-order valence-corrected chi connectivity index (χ2v) is 8.57. The summed E-state index contributed by atoms with van der Waals surface area (Å²) >= 11 is 0. The van der Waals surface area contributed by atoms with Gasteiger partial charge in [-0.3, -0.25) is 4.79 Å². The molecule has 3 aliphatic rings. The average molecular weight is 278 g/mol. The molecule has 0 aromatic rings. The van der Waals surface area contributed by atoms with Crippen molar-refractivity contribution in [2.45, 2.75) is 77.8 Å². The van der Waals surface area contributed by atoms with E-state index in [1.807, 2.05) is 0 Å². The summed E-state index contributed by atoms with van der Waals surface area (Å²) in [5, 5.41) is 3.50. The first-order valence-corrected chi connectivity index (χ1v) is 8.40. The highest BCUT2D eigenvalue weighted by atomic mass is 16.2. The smallest absolute Gasteiger partial charge is 0.222 e. The Bertz CT molecular complexity index is 386. The third kappa shape index (κ3) is 2.88. The first-order valence-electron chi connectivity index (χ1n) is 8.40. The number of nitrogens with one attached hydrogen (secondary N) is 1. The van der Waals surface area contributed by atoms with Gasteiger partial charge in [0.2, 0.25) is 5.91 Å². The molecule has 3 unspecified atom stereocenters. The van der Waals surface area contributed by atoms with Gasteiger partial charge in [-0.15, -0.1) is 0 Å². The zero-order chi connectivity index (χ0) is 14.4. The van der Waals surface area contributed by atoms with Crippen molar-refractivity contribution < 1.29 is 4.79 Å². The highest BCUT2D eigenvalue weighted by molar-refractivity contribution is 5.77. The molecular formula is C17H30N2O. The highest BCUT2D eigenvalue weighted by Crippen LogP contribution is 2.52. The molecule has 3 atom stereocenters. The first-order chi connectivity index (χ1) is 9.37. The fourth-order valence-electron chi connectivity index (χ4n) is 5.20. The van der Waals surface area contributed by atoms with Crippen LogP contribution in [0.15, 0.2) is 0 Å². The van der Waals surface area contributed by atoms with Crippen LogP contribution in [-0.4, -0.2) is 36.0 Å². The zero-order valence-corrected chi connectivity index (χ0v) is 13.4. The number of likely N-dealkylation sites (tertiary alicyclic amines) is 1. The Kier molecular flexibility index (Phi) is 3.60. The lowest BCUT2D eigenvalue weighted by Gasteiger charge is -2.39. The molecule has 1 N–H and O–H groups in total. The van der Waals surface area contributed by atoms with Crippen LogP contribution in [0.2, 0.25) is 0 Å². The lowest BCUT2D eigenvalue weighted by molar-refractivity contribution is -0.132. The average Bonchev–Trinajstić information content (AvgIpc) is 2.91. The SMILES string of the molecule is CC1(C)CC2CC(C)(CN2C(=O)CCC2CCCN2)C1. The minimum atomic E-state index is 0.369. The van der Waals surface area contributed by atoms with E-state index in [2.05, 4.69) is 31.0 Å². The molecule has 3 heteroatoms. The predicted octanol–water partition coefficient (Wildman–Crippen LogP) is 2.95. The van der Waals surface area contributed by atoms with Crippen LogP contribution in [0.4, 0.5) is 0 Å². The molecule has 2 bridgehead atoms. The van der Waals surface area contributed by atoms with Crippen LogP contribution in [0.1, 0.15) is 65.7 Å². The van der Waals surface area contributed by atoms with Crippen LogP contribution in [0, 0.1) is 10.8 Å². The van der Waals surface area contributed by atoms with Crippen LogP contribution < -0.4 is 5.32 Å². The summed E-state index contributed by atoms with van der Waals surface area (Å²) in [6.45, 7) is 9.25. The van der Waals surface area contributed by atoms with Gasteiger partial charge in [-0.25, -0.2) is 0 Å². The molecule has 1 aliphatic carbocycles. The summed E-state index contributed by atoms with van der Waals surface area (Å²) in [6, 6.07) is 1.10. The molecule has 20 heavy (non-hydrogen) atoms. The fourth-order valence-corrected chi connectivity index (χ4v) is 5.20. The van der Waals surface area contributed by atoms with Gasteiger partial charge < -0.3 is 10.2 Å². The lowest BCUT2D eigenvalue weighted by Crippen LogP contribution is -2.38. The van der Waals surface area contributed by atoms with Gasteiger partial charge in [0, 0.05) is 25.0 Å². The topological polar surface area (TPSA) is 32.3 Å². The van der Waals surface area contributed by atoms with Crippen molar-refractivity contribution in [3.8, 4) is 0 Å². The summed E-state index contributed by atoms with van der Waals surface area (Å²) in [5.41, 5.74) is 0.771. The number of nitrogens with zero attached hydrogens (tertiary/aromatic N) is 1. The minimum absolute atomic E-state index is 0.369. The molecule has 0 radical (unpaired) electrons. The van der Waals surface area contributed by atoms with Gasteiger partial charge in [0.15, 0.2) is 0 Å². The van der Waals surface area contributed by atoms with Crippen LogP contribution >= 0.6 is 0 Å². The maximum absolute atomic E-state index is 12.6. The van der Waals surface area contributed by atoms with E-state index in [0.29, 0.717) is 28.8 Å². The summed E-state index contributed by atoms with van der Waals surface area (Å²) in [5.74, 6) is 0.408. The van der Waals surface area contributed by atoms with Crippen molar-refractivity contribution in [1.82, 2.24) is 10.2 Å². The molecule has 0 spiro atoms. The number of rotatable bonds is 3. The zero-order valence-electron chi connectivity index (χ0n) is 13.4. The number of hydrogen-bond donors (Lipinski definition) is 1. The van der Waals surface area contributed by atoms with E-state index in [9.17, 15) is 4.79 Å². The van der Waals surface area contributed by atoms with Gasteiger partial charge in [0.25, 0.3) is 0 Å². The summed E-state index contributed by atoms with van der Waals surface area (Å²) < 4.78 is 0. The maximum Gasteiger partial charge on any atom is 0.222 e. The maximum atomic E-state index is 12.6. The van der Waals surface area contributed by atoms with Crippen LogP contribution in [0.3, 0.4) is 0 Å². The molecule has 0 aromatic heterocycles. The molecule has 0 aromatic carbocycles. The molecule has 2 saturated heterocycles. The molecule has 3 rings (SSSR count). The van der Waals surface area contributed by atoms with Gasteiger partial charge in [-0.1, -0.05) is 20.8 Å². The van der Waals surface area contributed by atoms with E-state index in [1.54, 1.807) is 0 Å². The van der Waals surface area contributed by atoms with Crippen LogP contribution in [0.25, 0.3) is 0 Å². The second kappa shape index (κ2) is 5.01. The van der Waals surface area contributed by atoms with Crippen molar-refractivity contribution in [2.75, 3.05) is 13.1 Å². The first kappa shape index (κ1) is 14.4. The van der Waals surface area contributed by atoms with E-state index < -0.39 is 0 Å². The van der Waals surface area contributed by atoms with Gasteiger partial charge >= 0.3 is 0 Å². The third-order valence-corrected chi connectivity index (χ3v) is 5.60. The Hall–Kier alpha value is -0.570. The summed E-state index contributed by atoms with van der Waals surface area (Å²) in [4.78, 5) is 14.8. The van der Waals surface area contributed by atoms with Crippen molar-refractivity contribution >= 4 is 5.91 Å². The number of carbonyl (C=O) groups is 1. The van der Waals surface area contributed by atoms with Crippen LogP contribution in [-0.2, 0) is 4.79 Å². The van der Waals surface area contributed by atoms with Crippen molar-refractivity contribution in [2.24, 2.45) is 10.8 Å². The monoisotopic (exact) mass is 278 g/mol. The highest BCUT2D eigenvalue weighted by Gasteiger charge is 2.50. The molecule has 2 aliphatic heterocycles. The van der Waals surface area contributed by atoms with Crippen molar-refractivity contribution in [3.05, 3.63) is 0 Å². The Labute approximate surface area is 123 Å². The predicted molar refractivity (Wildman–Crippen MR) is 81.5 cm³/mol. The van der Waals surface area contributed by atoms with E-state index >= 15 is 0 Å². The van der Waals surface area contributed by atoms with Gasteiger partial charge in [0.1, 0.15) is 0 Å². The number of fused-ring (bicyclic) bond motifs is 2. The minimum Gasteiger partial charge on any atom is -0.339 e. The molecule has 1 saturated carbocycles. The largest absolute Gasteiger partial charge is 0.339 e. The molecule has 3 nitrogen and oxygen atoms in total. The third-order valence-electron chi connectivity index (χ3n) is 5.60. The molecular weight excluding hydrogens is 248 g/mol. The quantitative estimate of drug-likeness (QED) is 0.861. The molecule has 2 heterocycles. The number of hydrogen-bond acceptors (Lipinski definition) is 2. The lowest BCUT2D eigenvalue weighted by atomic mass is 9.65. The van der Waals surface area contributed by atoms with Gasteiger partial charge in [-0.2, -0.15) is 0 Å². The summed E-state index contributed by atoms with van der Waals surface area (Å²) in [7, 11) is 0. The molecule has 1 amide bonds. The Morgan fingerprint density at radius 1 is 1.30 bits per heavy atom. The van der Waals surface area contributed by atoms with E-state index in [4.69, 9.17) is 0 Å². The number of amides is 1. The standard InChI is InChI=1S/C17H30N2O/c1-16(2)9-14-10-17(3,11-16)12-19(14)15(20)7-6-13-5-4-8-18-13/h13-14,18H,4-12H2,1-3H3. The van der Waals surface area contributed by atoms with Crippen molar-refractivity contribution in [3.63, 3.8) is 0 Å². The van der Waals surface area contributed by atoms with Crippen molar-refractivity contribution in [1.29, 1.82) is 0 Å². The summed E-state index contributed by atoms with van der Waals surface area (Å²) in [6.07, 6.45) is 7.98. The Balaban J connectivity index is 1.58. The van der Waals surface area contributed by atoms with Gasteiger partial charge in [0.05, 0.1) is 0 Å². The molecule has 114 valence electrons. The number of carbonyl (C=O) groups excluding carboxylic acids is 1. The van der Waals surface area contributed by atoms with Crippen LogP contribution in [0.5, 0.6) is 0 Å².